The largest absolute Gasteiger partial charge is 0.456 e. The van der Waals surface area contributed by atoms with E-state index in [0.717, 1.165) is 250 Å². The second-order valence-electron chi connectivity index (χ2n) is 31.9. The number of furan rings is 4. The standard InChI is InChI=1S/C114H69BN2O4/c1-5-28-70(29-6-1)74-36-21-38-78(62-74)82-44-23-48-88(86-46-26-56-106-108(86)92-42-15-19-54-104(92)118-106)111(82)116-98-60-58-76(72-32-9-3-10-33-72)66-96(98)115-97-67-77(73-34-11-4-12-35-73)59-61-99(97)117(112-83(79-39-22-37-75(63-79)71-30-7-2-8-31-71)45-24-49-89(112)87-47-27-57-107-109(87)93-43-16-20-55-105(93)119-107)101-69-81(68-100(116)110(101)115)80-64-94-85-41-14-18-53-103(85)121-114(94)95(65-80)91-51-25-50-90-84-40-13-17-52-102(84)120-113(90)91/h1-69H. The van der Waals surface area contributed by atoms with E-state index in [1.165, 1.54) is 0 Å². The Morgan fingerprint density at radius 2 is 0.504 bits per heavy atom. The molecule has 6 heterocycles. The summed E-state index contributed by atoms with van der Waals surface area (Å²) in [5.74, 6) is 0. The Morgan fingerprint density at radius 3 is 0.983 bits per heavy atom. The fourth-order valence-corrected chi connectivity index (χ4v) is 19.9. The molecule has 2 aliphatic rings. The molecule has 4 aromatic heterocycles. The lowest BCUT2D eigenvalue weighted by Gasteiger charge is -2.46. The van der Waals surface area contributed by atoms with E-state index in [9.17, 15) is 0 Å². The normalized spacial score (nSPS) is 12.4. The van der Waals surface area contributed by atoms with Crippen molar-refractivity contribution in [2.45, 2.75) is 0 Å². The Balaban J connectivity index is 0.872. The van der Waals surface area contributed by atoms with Crippen molar-refractivity contribution < 1.29 is 17.7 Å². The molecule has 0 bridgehead atoms. The summed E-state index contributed by atoms with van der Waals surface area (Å²) in [4.78, 5) is 5.34. The lowest BCUT2D eigenvalue weighted by Crippen LogP contribution is -2.61. The quantitative estimate of drug-likeness (QED) is 0.114. The van der Waals surface area contributed by atoms with E-state index >= 15 is 0 Å². The van der Waals surface area contributed by atoms with Gasteiger partial charge in [-0.05, 0) is 179 Å². The number of fused-ring (bicyclic) bond motifs is 16. The van der Waals surface area contributed by atoms with Crippen LogP contribution in [-0.4, -0.2) is 6.71 Å². The number of para-hydroxylation sites is 7. The van der Waals surface area contributed by atoms with Crippen molar-refractivity contribution in [2.75, 3.05) is 9.80 Å². The van der Waals surface area contributed by atoms with Gasteiger partial charge in [-0.3, -0.25) is 0 Å². The average molecular weight is 1540 g/mol. The molecule has 0 spiro atoms. The van der Waals surface area contributed by atoms with Crippen molar-refractivity contribution in [3.63, 3.8) is 0 Å². The molecule has 0 fully saturated rings. The van der Waals surface area contributed by atoms with E-state index in [2.05, 4.69) is 428 Å². The molecular formula is C114H69BN2O4. The molecule has 0 N–H and O–H groups in total. The van der Waals surface area contributed by atoms with Crippen LogP contribution in [0.5, 0.6) is 0 Å². The molecule has 0 radical (unpaired) electrons. The highest BCUT2D eigenvalue weighted by Crippen LogP contribution is 2.57. The summed E-state index contributed by atoms with van der Waals surface area (Å²) in [5.41, 5.74) is 37.3. The fraction of sp³-hybridized carbons (Fsp3) is 0. The number of anilines is 6. The molecule has 2 aliphatic heterocycles. The van der Waals surface area contributed by atoms with Crippen LogP contribution in [-0.2, 0) is 0 Å². The van der Waals surface area contributed by atoms with Crippen molar-refractivity contribution >= 4 is 145 Å². The summed E-state index contributed by atoms with van der Waals surface area (Å²) in [5, 5.41) is 8.27. The summed E-state index contributed by atoms with van der Waals surface area (Å²) in [6, 6.07) is 154. The first kappa shape index (κ1) is 68.3. The van der Waals surface area contributed by atoms with Gasteiger partial charge in [-0.15, -0.1) is 0 Å². The van der Waals surface area contributed by atoms with Crippen LogP contribution >= 0.6 is 0 Å². The third-order valence-corrected chi connectivity index (χ3v) is 25.3. The summed E-state index contributed by atoms with van der Waals surface area (Å²) >= 11 is 0. The van der Waals surface area contributed by atoms with Gasteiger partial charge in [0.15, 0.2) is 0 Å². The number of rotatable bonds is 12. The lowest BCUT2D eigenvalue weighted by atomic mass is 9.33. The minimum Gasteiger partial charge on any atom is -0.456 e. The van der Waals surface area contributed by atoms with Crippen LogP contribution in [0.4, 0.5) is 34.1 Å². The first-order valence-corrected chi connectivity index (χ1v) is 41.4. The van der Waals surface area contributed by atoms with Gasteiger partial charge < -0.3 is 27.5 Å². The van der Waals surface area contributed by atoms with E-state index in [0.29, 0.717) is 0 Å². The Morgan fingerprint density at radius 1 is 0.174 bits per heavy atom. The Bertz CT molecular complexity index is 7820. The van der Waals surface area contributed by atoms with Crippen LogP contribution in [0, 0.1) is 0 Å². The van der Waals surface area contributed by atoms with Crippen molar-refractivity contribution in [1.29, 1.82) is 0 Å². The highest BCUT2D eigenvalue weighted by atomic mass is 16.3. The molecule has 562 valence electrons. The summed E-state index contributed by atoms with van der Waals surface area (Å²) < 4.78 is 28.2. The predicted molar refractivity (Wildman–Crippen MR) is 504 cm³/mol. The van der Waals surface area contributed by atoms with Crippen LogP contribution in [0.25, 0.3) is 199 Å². The zero-order valence-corrected chi connectivity index (χ0v) is 65.4. The Hall–Kier alpha value is -16.0. The summed E-state index contributed by atoms with van der Waals surface area (Å²) in [7, 11) is 0. The van der Waals surface area contributed by atoms with Gasteiger partial charge in [-0.2, -0.15) is 0 Å². The predicted octanol–water partition coefficient (Wildman–Crippen LogP) is 30.0. The SMILES string of the molecule is c1ccc(-c2cccc(-c3cccc(-c4cccc5oc6ccccc6c45)c3N3c4ccc(-c5ccccc5)cc4B4c5cc(-c6ccccc6)ccc5N(c5c(-c6cccc(-c7ccccc7)c6)cccc5-c5cccc6oc7ccccc7c56)c5cc(-c6cc(-c7cccc8c7oc7ccccc78)c7oc8ccccc8c7c6)cc3c54)c2)cc1. The van der Waals surface area contributed by atoms with Gasteiger partial charge in [-0.1, -0.05) is 334 Å². The third-order valence-electron chi connectivity index (χ3n) is 25.3. The van der Waals surface area contributed by atoms with E-state index in [-0.39, 0.29) is 6.71 Å². The molecule has 19 aromatic carbocycles. The maximum atomic E-state index is 7.25. The third kappa shape index (κ3) is 10.8. The smallest absolute Gasteiger partial charge is 0.252 e. The van der Waals surface area contributed by atoms with E-state index in [4.69, 9.17) is 17.7 Å². The van der Waals surface area contributed by atoms with Crippen molar-refractivity contribution in [1.82, 2.24) is 0 Å². The van der Waals surface area contributed by atoms with Gasteiger partial charge in [0.05, 0.1) is 11.4 Å². The van der Waals surface area contributed by atoms with Crippen molar-refractivity contribution in [3.05, 3.63) is 419 Å². The summed E-state index contributed by atoms with van der Waals surface area (Å²) in [6.45, 7) is -0.387. The highest BCUT2D eigenvalue weighted by Gasteiger charge is 2.46. The monoisotopic (exact) mass is 1540 g/mol. The van der Waals surface area contributed by atoms with Gasteiger partial charge in [0, 0.05) is 99.2 Å². The van der Waals surface area contributed by atoms with Gasteiger partial charge in [0.1, 0.15) is 44.7 Å². The first-order chi connectivity index (χ1) is 60.0. The van der Waals surface area contributed by atoms with Crippen molar-refractivity contribution in [3.8, 4) is 111 Å². The minimum atomic E-state index is -0.387. The number of benzene rings is 19. The highest BCUT2D eigenvalue weighted by molar-refractivity contribution is 7.00. The second-order valence-corrected chi connectivity index (χ2v) is 31.9. The number of hydrogen-bond donors (Lipinski definition) is 0. The molecular weight excluding hydrogens is 1470 g/mol. The van der Waals surface area contributed by atoms with E-state index in [1.807, 2.05) is 0 Å². The van der Waals surface area contributed by atoms with Crippen LogP contribution in [0.2, 0.25) is 0 Å². The van der Waals surface area contributed by atoms with E-state index < -0.39 is 0 Å². The van der Waals surface area contributed by atoms with Crippen LogP contribution in [0.15, 0.2) is 436 Å². The van der Waals surface area contributed by atoms with Gasteiger partial charge >= 0.3 is 0 Å². The fourth-order valence-electron chi connectivity index (χ4n) is 19.9. The Labute approximate surface area is 697 Å². The molecule has 0 saturated carbocycles. The summed E-state index contributed by atoms with van der Waals surface area (Å²) in [6.07, 6.45) is 0. The van der Waals surface area contributed by atoms with Gasteiger partial charge in [0.25, 0.3) is 6.71 Å². The molecule has 0 aliphatic carbocycles. The molecule has 6 nitrogen and oxygen atoms in total. The first-order valence-electron chi connectivity index (χ1n) is 41.4. The Kier molecular flexibility index (Phi) is 15.4. The number of hydrogen-bond acceptors (Lipinski definition) is 6. The molecule has 7 heteroatoms. The lowest BCUT2D eigenvalue weighted by molar-refractivity contribution is 0.665. The van der Waals surface area contributed by atoms with Crippen LogP contribution in [0.3, 0.4) is 0 Å². The van der Waals surface area contributed by atoms with Gasteiger partial charge in [-0.25, -0.2) is 0 Å². The molecule has 0 amide bonds. The van der Waals surface area contributed by atoms with Gasteiger partial charge in [0.2, 0.25) is 0 Å². The van der Waals surface area contributed by atoms with E-state index in [1.54, 1.807) is 0 Å². The maximum Gasteiger partial charge on any atom is 0.252 e. The molecule has 0 atom stereocenters. The molecule has 0 saturated heterocycles. The van der Waals surface area contributed by atoms with Crippen LogP contribution in [0.1, 0.15) is 0 Å². The van der Waals surface area contributed by atoms with Crippen LogP contribution < -0.4 is 26.2 Å². The molecule has 0 unspecified atom stereocenters. The maximum absolute atomic E-state index is 7.25. The molecule has 23 aromatic rings. The zero-order chi connectivity index (χ0) is 79.3. The number of nitrogens with zero attached hydrogens (tertiary/aromatic N) is 2. The molecule has 25 rings (SSSR count). The average Bonchev–Trinajstić information content (AvgIpc) is 0.870. The molecule has 121 heavy (non-hydrogen) atoms. The zero-order valence-electron chi connectivity index (χ0n) is 65.4. The minimum absolute atomic E-state index is 0.387. The topological polar surface area (TPSA) is 59.0 Å². The second kappa shape index (κ2) is 27.3. The van der Waals surface area contributed by atoms with Crippen molar-refractivity contribution in [2.24, 2.45) is 0 Å².